The molecule has 0 spiro atoms. The summed E-state index contributed by atoms with van der Waals surface area (Å²) in [6.45, 7) is 0.198. The van der Waals surface area contributed by atoms with E-state index in [0.29, 0.717) is 5.75 Å². The Morgan fingerprint density at radius 3 is 2.68 bits per heavy atom. The number of anilines is 1. The van der Waals surface area contributed by atoms with Crippen LogP contribution in [0.1, 0.15) is 5.56 Å². The first-order valence-corrected chi connectivity index (χ1v) is 6.40. The number of halogens is 3. The zero-order chi connectivity index (χ0) is 13.8. The Morgan fingerprint density at radius 2 is 1.95 bits per heavy atom. The van der Waals surface area contributed by atoms with Crippen molar-refractivity contribution >= 4 is 21.6 Å². The molecule has 0 atom stereocenters. The Labute approximate surface area is 118 Å². The maximum Gasteiger partial charge on any atom is 0.128 e. The summed E-state index contributed by atoms with van der Waals surface area (Å²) in [5, 5.41) is 3.03. The van der Waals surface area contributed by atoms with Gasteiger partial charge in [-0.25, -0.2) is 8.78 Å². The molecule has 100 valence electrons. The molecule has 19 heavy (non-hydrogen) atoms. The van der Waals surface area contributed by atoms with Gasteiger partial charge in [-0.1, -0.05) is 15.9 Å². The molecule has 0 aliphatic carbocycles. The third kappa shape index (κ3) is 3.67. The van der Waals surface area contributed by atoms with Crippen LogP contribution in [0.25, 0.3) is 0 Å². The molecule has 5 heteroatoms. The van der Waals surface area contributed by atoms with Crippen LogP contribution in [0.3, 0.4) is 0 Å². The molecule has 2 nitrogen and oxygen atoms in total. The summed E-state index contributed by atoms with van der Waals surface area (Å²) in [5.74, 6) is -0.211. The van der Waals surface area contributed by atoms with Crippen LogP contribution in [0.4, 0.5) is 14.5 Å². The van der Waals surface area contributed by atoms with Crippen LogP contribution in [-0.2, 0) is 6.54 Å². The van der Waals surface area contributed by atoms with Crippen LogP contribution in [0.15, 0.2) is 40.9 Å². The Morgan fingerprint density at radius 1 is 1.16 bits per heavy atom. The van der Waals surface area contributed by atoms with Gasteiger partial charge < -0.3 is 10.1 Å². The number of rotatable bonds is 4. The van der Waals surface area contributed by atoms with Gasteiger partial charge in [-0.2, -0.15) is 0 Å². The van der Waals surface area contributed by atoms with Gasteiger partial charge in [0.25, 0.3) is 0 Å². The van der Waals surface area contributed by atoms with E-state index in [1.54, 1.807) is 13.2 Å². The molecule has 2 aromatic carbocycles. The number of benzene rings is 2. The second kappa shape index (κ2) is 6.02. The standard InChI is InChI=1S/C14H12BrF2NO/c1-19-13-6-10(15)5-12(7-13)18-8-9-4-11(16)2-3-14(9)17/h2-7,18H,8H2,1H3. The molecule has 1 N–H and O–H groups in total. The van der Waals surface area contributed by atoms with Crippen molar-refractivity contribution < 1.29 is 13.5 Å². The molecular weight excluding hydrogens is 316 g/mol. The first-order valence-electron chi connectivity index (χ1n) is 5.61. The third-order valence-electron chi connectivity index (χ3n) is 2.60. The molecule has 0 aromatic heterocycles. The van der Waals surface area contributed by atoms with E-state index in [2.05, 4.69) is 21.2 Å². The van der Waals surface area contributed by atoms with Crippen LogP contribution < -0.4 is 10.1 Å². The molecule has 0 amide bonds. The zero-order valence-corrected chi connectivity index (χ0v) is 11.8. The fourth-order valence-electron chi connectivity index (χ4n) is 1.66. The molecule has 0 saturated heterocycles. The number of nitrogens with one attached hydrogen (secondary N) is 1. The third-order valence-corrected chi connectivity index (χ3v) is 3.06. The van der Waals surface area contributed by atoms with Crippen LogP contribution in [-0.4, -0.2) is 7.11 Å². The van der Waals surface area contributed by atoms with E-state index >= 15 is 0 Å². The Bertz CT molecular complexity index is 590. The summed E-state index contributed by atoms with van der Waals surface area (Å²) >= 11 is 3.35. The topological polar surface area (TPSA) is 21.3 Å². The van der Waals surface area contributed by atoms with Gasteiger partial charge in [0.15, 0.2) is 0 Å². The van der Waals surface area contributed by atoms with E-state index < -0.39 is 11.6 Å². The predicted molar refractivity (Wildman–Crippen MR) is 74.4 cm³/mol. The molecule has 0 fully saturated rings. The lowest BCUT2D eigenvalue weighted by Crippen LogP contribution is -2.02. The fourth-order valence-corrected chi connectivity index (χ4v) is 2.13. The van der Waals surface area contributed by atoms with E-state index in [1.165, 1.54) is 6.07 Å². The van der Waals surface area contributed by atoms with Gasteiger partial charge in [-0.05, 0) is 30.3 Å². The van der Waals surface area contributed by atoms with Crippen molar-refractivity contribution in [2.75, 3.05) is 12.4 Å². The van der Waals surface area contributed by atoms with Crippen LogP contribution in [0, 0.1) is 11.6 Å². The Kier molecular flexibility index (Phi) is 4.37. The average molecular weight is 328 g/mol. The van der Waals surface area contributed by atoms with Crippen molar-refractivity contribution in [3.8, 4) is 5.75 Å². The molecule has 0 unspecified atom stereocenters. The van der Waals surface area contributed by atoms with Gasteiger partial charge in [0.1, 0.15) is 17.4 Å². The van der Waals surface area contributed by atoms with Gasteiger partial charge in [-0.3, -0.25) is 0 Å². The maximum absolute atomic E-state index is 13.5. The van der Waals surface area contributed by atoms with Gasteiger partial charge in [0, 0.05) is 28.3 Å². The molecule has 2 aromatic rings. The minimum atomic E-state index is -0.454. The molecule has 0 radical (unpaired) electrons. The second-order valence-corrected chi connectivity index (χ2v) is 4.88. The first kappa shape index (κ1) is 13.8. The molecule has 0 bridgehead atoms. The summed E-state index contributed by atoms with van der Waals surface area (Å²) in [7, 11) is 1.57. The monoisotopic (exact) mass is 327 g/mol. The highest BCUT2D eigenvalue weighted by atomic mass is 79.9. The SMILES string of the molecule is COc1cc(Br)cc(NCc2cc(F)ccc2F)c1. The van der Waals surface area contributed by atoms with Crippen molar-refractivity contribution in [3.63, 3.8) is 0 Å². The highest BCUT2D eigenvalue weighted by Crippen LogP contribution is 2.25. The Hall–Kier alpha value is -1.62. The van der Waals surface area contributed by atoms with Crippen LogP contribution >= 0.6 is 15.9 Å². The van der Waals surface area contributed by atoms with E-state index in [0.717, 1.165) is 22.3 Å². The molecule has 0 heterocycles. The van der Waals surface area contributed by atoms with Gasteiger partial charge in [0.05, 0.1) is 7.11 Å². The summed E-state index contributed by atoms with van der Waals surface area (Å²) in [5.41, 5.74) is 1.04. The minimum absolute atomic E-state index is 0.198. The molecule has 0 saturated carbocycles. The Balaban J connectivity index is 2.14. The van der Waals surface area contributed by atoms with Crippen molar-refractivity contribution in [3.05, 3.63) is 58.1 Å². The average Bonchev–Trinajstić information content (AvgIpc) is 2.39. The summed E-state index contributed by atoms with van der Waals surface area (Å²) in [4.78, 5) is 0. The second-order valence-electron chi connectivity index (χ2n) is 3.97. The number of methoxy groups -OCH3 is 1. The van der Waals surface area contributed by atoms with Crippen molar-refractivity contribution in [1.29, 1.82) is 0 Å². The lowest BCUT2D eigenvalue weighted by molar-refractivity contribution is 0.414. The first-order chi connectivity index (χ1) is 9.08. The van der Waals surface area contributed by atoms with Crippen molar-refractivity contribution in [1.82, 2.24) is 0 Å². The number of ether oxygens (including phenoxy) is 1. The molecular formula is C14H12BrF2NO. The maximum atomic E-state index is 13.5. The van der Waals surface area contributed by atoms with Gasteiger partial charge in [-0.15, -0.1) is 0 Å². The summed E-state index contributed by atoms with van der Waals surface area (Å²) < 4.78 is 32.5. The molecule has 0 aliphatic rings. The fraction of sp³-hybridized carbons (Fsp3) is 0.143. The van der Waals surface area contributed by atoms with Gasteiger partial charge in [0.2, 0.25) is 0 Å². The van der Waals surface area contributed by atoms with E-state index in [1.807, 2.05) is 12.1 Å². The van der Waals surface area contributed by atoms with E-state index in [4.69, 9.17) is 4.74 Å². The zero-order valence-electron chi connectivity index (χ0n) is 10.2. The minimum Gasteiger partial charge on any atom is -0.497 e. The predicted octanol–water partition coefficient (Wildman–Crippen LogP) is 4.35. The quantitative estimate of drug-likeness (QED) is 0.901. The summed E-state index contributed by atoms with van der Waals surface area (Å²) in [6, 6.07) is 8.82. The smallest absolute Gasteiger partial charge is 0.128 e. The highest BCUT2D eigenvalue weighted by molar-refractivity contribution is 9.10. The largest absolute Gasteiger partial charge is 0.497 e. The van der Waals surface area contributed by atoms with Crippen molar-refractivity contribution in [2.45, 2.75) is 6.54 Å². The number of hydrogen-bond donors (Lipinski definition) is 1. The van der Waals surface area contributed by atoms with Crippen molar-refractivity contribution in [2.24, 2.45) is 0 Å². The van der Waals surface area contributed by atoms with Crippen LogP contribution in [0.5, 0.6) is 5.75 Å². The normalized spacial score (nSPS) is 10.3. The molecule has 0 aliphatic heterocycles. The molecule has 2 rings (SSSR count). The summed E-state index contributed by atoms with van der Waals surface area (Å²) in [6.07, 6.45) is 0. The van der Waals surface area contributed by atoms with Gasteiger partial charge >= 0.3 is 0 Å². The van der Waals surface area contributed by atoms with E-state index in [-0.39, 0.29) is 12.1 Å². The highest BCUT2D eigenvalue weighted by Gasteiger charge is 2.05. The lowest BCUT2D eigenvalue weighted by atomic mass is 10.2. The van der Waals surface area contributed by atoms with Crippen LogP contribution in [0.2, 0.25) is 0 Å². The van der Waals surface area contributed by atoms with E-state index in [9.17, 15) is 8.78 Å². The lowest BCUT2D eigenvalue weighted by Gasteiger charge is -2.10. The number of hydrogen-bond acceptors (Lipinski definition) is 2.